The number of rotatable bonds is 7. The molecule has 0 atom stereocenters. The van der Waals surface area contributed by atoms with E-state index in [0.717, 1.165) is 0 Å². The number of amides is 1. The van der Waals surface area contributed by atoms with Gasteiger partial charge in [0.05, 0.1) is 24.1 Å². The lowest BCUT2D eigenvalue weighted by Gasteiger charge is -2.27. The zero-order chi connectivity index (χ0) is 23.4. The molecule has 33 heavy (non-hydrogen) atoms. The van der Waals surface area contributed by atoms with Crippen LogP contribution >= 0.6 is 0 Å². The van der Waals surface area contributed by atoms with Crippen molar-refractivity contribution in [3.05, 3.63) is 56.2 Å². The number of H-pyrrole nitrogens is 1. The topological polar surface area (TPSA) is 134 Å². The number of morpholine rings is 1. The zero-order valence-electron chi connectivity index (χ0n) is 18.7. The lowest BCUT2D eigenvalue weighted by Crippen LogP contribution is -2.39. The summed E-state index contributed by atoms with van der Waals surface area (Å²) in [7, 11) is 0. The van der Waals surface area contributed by atoms with Crippen molar-refractivity contribution < 1.29 is 9.53 Å². The van der Waals surface area contributed by atoms with E-state index in [1.165, 1.54) is 4.57 Å². The Bertz CT molecular complexity index is 1280. The standard InChI is InChI=1S/C22H27N7O4/c1-3-29-20(32)16-6-4-5-7-17(16)24-22(29)27-26-18(30)9-8-15-14(2)23-21(25-19(15)31)28-10-12-33-13-11-28/h4-7H,3,8-13H2,1-2H3,(H,24,27)(H,26,30)(H,23,25,31). The second-order valence-electron chi connectivity index (χ2n) is 7.73. The summed E-state index contributed by atoms with van der Waals surface area (Å²) in [5, 5.41) is 0.513. The number of aromatic nitrogens is 4. The third-order valence-corrected chi connectivity index (χ3v) is 5.61. The van der Waals surface area contributed by atoms with Gasteiger partial charge in [-0.1, -0.05) is 12.1 Å². The minimum atomic E-state index is -0.337. The van der Waals surface area contributed by atoms with Gasteiger partial charge in [0, 0.05) is 37.3 Å². The van der Waals surface area contributed by atoms with Gasteiger partial charge in [-0.2, -0.15) is 0 Å². The Hall–Kier alpha value is -3.73. The first-order chi connectivity index (χ1) is 16.0. The molecule has 1 aliphatic rings. The van der Waals surface area contributed by atoms with Crippen LogP contribution in [0.5, 0.6) is 0 Å². The van der Waals surface area contributed by atoms with E-state index in [-0.39, 0.29) is 35.8 Å². The first-order valence-corrected chi connectivity index (χ1v) is 10.9. The number of fused-ring (bicyclic) bond motifs is 1. The molecule has 2 aromatic heterocycles. The monoisotopic (exact) mass is 453 g/mol. The number of nitrogens with one attached hydrogen (secondary N) is 3. The molecular weight excluding hydrogens is 426 g/mol. The number of hydrogen-bond donors (Lipinski definition) is 3. The van der Waals surface area contributed by atoms with Crippen LogP contribution in [0.2, 0.25) is 0 Å². The summed E-state index contributed by atoms with van der Waals surface area (Å²) in [5.74, 6) is 0.437. The van der Waals surface area contributed by atoms with Gasteiger partial charge in [0.15, 0.2) is 0 Å². The molecular formula is C22H27N7O4. The Labute approximate surface area is 189 Å². The molecule has 0 radical (unpaired) electrons. The summed E-state index contributed by atoms with van der Waals surface area (Å²) in [4.78, 5) is 51.4. The van der Waals surface area contributed by atoms with Crippen molar-refractivity contribution in [2.45, 2.75) is 33.2 Å². The van der Waals surface area contributed by atoms with Gasteiger partial charge in [0.2, 0.25) is 17.8 Å². The minimum Gasteiger partial charge on any atom is -0.378 e. The third kappa shape index (κ3) is 4.87. The number of carbonyl (C=O) groups is 1. The second-order valence-corrected chi connectivity index (χ2v) is 7.73. The summed E-state index contributed by atoms with van der Waals surface area (Å²) in [6.07, 6.45) is 0.302. The second kappa shape index (κ2) is 9.82. The Balaban J connectivity index is 1.41. The molecule has 0 spiro atoms. The van der Waals surface area contributed by atoms with E-state index in [0.29, 0.717) is 61.0 Å². The Morgan fingerprint density at radius 3 is 2.67 bits per heavy atom. The van der Waals surface area contributed by atoms with Crippen molar-refractivity contribution in [3.63, 3.8) is 0 Å². The predicted molar refractivity (Wildman–Crippen MR) is 124 cm³/mol. The average Bonchev–Trinajstić information content (AvgIpc) is 2.83. The van der Waals surface area contributed by atoms with Crippen LogP contribution in [-0.2, 0) is 22.5 Å². The fraction of sp³-hybridized carbons (Fsp3) is 0.409. The van der Waals surface area contributed by atoms with E-state index in [1.807, 2.05) is 11.8 Å². The van der Waals surface area contributed by atoms with E-state index in [9.17, 15) is 14.4 Å². The van der Waals surface area contributed by atoms with E-state index in [2.05, 4.69) is 25.8 Å². The van der Waals surface area contributed by atoms with Crippen LogP contribution in [0.25, 0.3) is 10.9 Å². The summed E-state index contributed by atoms with van der Waals surface area (Å²) in [6.45, 7) is 6.51. The van der Waals surface area contributed by atoms with Crippen LogP contribution in [0.1, 0.15) is 24.6 Å². The Morgan fingerprint density at radius 1 is 1.18 bits per heavy atom. The molecule has 0 aliphatic carbocycles. The highest BCUT2D eigenvalue weighted by Crippen LogP contribution is 2.12. The van der Waals surface area contributed by atoms with Crippen LogP contribution in [-0.4, -0.2) is 51.7 Å². The van der Waals surface area contributed by atoms with E-state index >= 15 is 0 Å². The van der Waals surface area contributed by atoms with E-state index in [4.69, 9.17) is 4.74 Å². The molecule has 4 rings (SSSR count). The highest BCUT2D eigenvalue weighted by molar-refractivity contribution is 5.80. The van der Waals surface area contributed by atoms with Crippen molar-refractivity contribution in [1.29, 1.82) is 0 Å². The van der Waals surface area contributed by atoms with Gasteiger partial charge in [-0.3, -0.25) is 34.8 Å². The maximum atomic E-state index is 12.7. The van der Waals surface area contributed by atoms with E-state index < -0.39 is 0 Å². The smallest absolute Gasteiger partial charge is 0.262 e. The maximum Gasteiger partial charge on any atom is 0.262 e. The molecule has 1 amide bonds. The van der Waals surface area contributed by atoms with Crippen molar-refractivity contribution in [3.8, 4) is 0 Å². The number of aromatic amines is 1. The molecule has 0 bridgehead atoms. The van der Waals surface area contributed by atoms with Crippen LogP contribution < -0.4 is 26.9 Å². The van der Waals surface area contributed by atoms with Gasteiger partial charge >= 0.3 is 0 Å². The summed E-state index contributed by atoms with van der Waals surface area (Å²) in [6, 6.07) is 7.04. The fourth-order valence-corrected chi connectivity index (χ4v) is 3.80. The molecule has 11 heteroatoms. The van der Waals surface area contributed by atoms with Gasteiger partial charge in [-0.15, -0.1) is 0 Å². The highest BCUT2D eigenvalue weighted by Gasteiger charge is 2.17. The van der Waals surface area contributed by atoms with Crippen LogP contribution in [0, 0.1) is 6.92 Å². The van der Waals surface area contributed by atoms with Crippen LogP contribution in [0.4, 0.5) is 11.9 Å². The number of nitrogens with zero attached hydrogens (tertiary/aromatic N) is 4. The SMILES string of the molecule is CCn1c(NNC(=O)CCc2c(C)nc(N3CCOCC3)[nH]c2=O)nc2ccccc2c1=O. The van der Waals surface area contributed by atoms with Gasteiger partial charge in [0.25, 0.3) is 11.1 Å². The van der Waals surface area contributed by atoms with Crippen molar-refractivity contribution in [1.82, 2.24) is 24.9 Å². The largest absolute Gasteiger partial charge is 0.378 e. The number of ether oxygens (including phenoxy) is 1. The number of benzene rings is 1. The normalized spacial score (nSPS) is 13.8. The highest BCUT2D eigenvalue weighted by atomic mass is 16.5. The molecule has 0 unspecified atom stereocenters. The first kappa shape index (κ1) is 22.5. The third-order valence-electron chi connectivity index (χ3n) is 5.61. The average molecular weight is 454 g/mol. The Kier molecular flexibility index (Phi) is 6.68. The molecule has 1 fully saturated rings. The molecule has 11 nitrogen and oxygen atoms in total. The molecule has 0 saturated carbocycles. The van der Waals surface area contributed by atoms with Crippen LogP contribution in [0.3, 0.4) is 0 Å². The maximum absolute atomic E-state index is 12.7. The number of para-hydroxylation sites is 1. The molecule has 1 aliphatic heterocycles. The number of hydrogen-bond acceptors (Lipinski definition) is 8. The molecule has 3 N–H and O–H groups in total. The molecule has 3 heterocycles. The van der Waals surface area contributed by atoms with Gasteiger partial charge in [-0.05, 0) is 32.4 Å². The summed E-state index contributed by atoms with van der Waals surface area (Å²) >= 11 is 0. The Morgan fingerprint density at radius 2 is 1.94 bits per heavy atom. The van der Waals surface area contributed by atoms with Gasteiger partial charge < -0.3 is 9.64 Å². The molecule has 174 valence electrons. The van der Waals surface area contributed by atoms with Gasteiger partial charge in [0.1, 0.15) is 0 Å². The number of aryl methyl sites for hydroxylation is 1. The van der Waals surface area contributed by atoms with Crippen molar-refractivity contribution >= 4 is 28.7 Å². The first-order valence-electron chi connectivity index (χ1n) is 10.9. The molecule has 3 aromatic rings. The molecule has 1 aromatic carbocycles. The lowest BCUT2D eigenvalue weighted by molar-refractivity contribution is -0.120. The fourth-order valence-electron chi connectivity index (χ4n) is 3.80. The molecule has 1 saturated heterocycles. The number of hydrazine groups is 1. The van der Waals surface area contributed by atoms with Crippen molar-refractivity contribution in [2.75, 3.05) is 36.6 Å². The summed E-state index contributed by atoms with van der Waals surface area (Å²) in [5.41, 5.74) is 6.49. The number of carbonyl (C=O) groups excluding carboxylic acids is 1. The minimum absolute atomic E-state index is 0.0689. The zero-order valence-corrected chi connectivity index (χ0v) is 18.7. The van der Waals surface area contributed by atoms with Crippen LogP contribution in [0.15, 0.2) is 33.9 Å². The van der Waals surface area contributed by atoms with Gasteiger partial charge in [-0.25, -0.2) is 9.97 Å². The van der Waals surface area contributed by atoms with Crippen molar-refractivity contribution in [2.24, 2.45) is 0 Å². The quantitative estimate of drug-likeness (QED) is 0.446. The number of anilines is 2. The lowest BCUT2D eigenvalue weighted by atomic mass is 10.1. The van der Waals surface area contributed by atoms with E-state index in [1.54, 1.807) is 31.2 Å². The summed E-state index contributed by atoms with van der Waals surface area (Å²) < 4.78 is 6.78. The predicted octanol–water partition coefficient (Wildman–Crippen LogP) is 0.721.